The van der Waals surface area contributed by atoms with Crippen molar-refractivity contribution in [2.75, 3.05) is 10.6 Å². The minimum Gasteiger partial charge on any atom is -0.336 e. The number of nitrogens with zero attached hydrogens (tertiary/aromatic N) is 3. The Morgan fingerprint density at radius 1 is 0.962 bits per heavy atom. The fraction of sp³-hybridized carbons (Fsp3) is 0.0625. The number of para-hydroxylation sites is 1. The van der Waals surface area contributed by atoms with E-state index in [9.17, 15) is 17.6 Å². The van der Waals surface area contributed by atoms with Crippen LogP contribution in [-0.2, 0) is 6.18 Å². The van der Waals surface area contributed by atoms with E-state index in [0.717, 1.165) is 12.1 Å². The molecule has 0 unspecified atom stereocenters. The van der Waals surface area contributed by atoms with Crippen LogP contribution in [0, 0.1) is 5.82 Å². The van der Waals surface area contributed by atoms with Crippen LogP contribution in [0.25, 0.3) is 0 Å². The zero-order chi connectivity index (χ0) is 18.7. The summed E-state index contributed by atoms with van der Waals surface area (Å²) in [6.07, 6.45) is -3.41. The summed E-state index contributed by atoms with van der Waals surface area (Å²) in [4.78, 5) is 3.99. The molecule has 3 aromatic rings. The number of benzene rings is 2. The largest absolute Gasteiger partial charge is 0.418 e. The van der Waals surface area contributed by atoms with Crippen LogP contribution in [0.4, 0.5) is 40.7 Å². The molecule has 10 heteroatoms. The molecule has 134 valence electrons. The first-order valence-corrected chi connectivity index (χ1v) is 7.56. The Kier molecular flexibility index (Phi) is 4.90. The molecule has 3 rings (SSSR count). The predicted molar refractivity (Wildman–Crippen MR) is 89.2 cm³/mol. The lowest BCUT2D eigenvalue weighted by molar-refractivity contribution is -0.136. The molecule has 0 saturated carbocycles. The molecule has 0 spiro atoms. The summed E-state index contributed by atoms with van der Waals surface area (Å²) >= 11 is 5.64. The Bertz CT molecular complexity index is 933. The van der Waals surface area contributed by atoms with Crippen LogP contribution in [0.1, 0.15) is 5.56 Å². The van der Waals surface area contributed by atoms with E-state index in [2.05, 4.69) is 25.8 Å². The molecular weight excluding hydrogens is 374 g/mol. The number of alkyl halides is 3. The Labute approximate surface area is 150 Å². The zero-order valence-electron chi connectivity index (χ0n) is 12.9. The zero-order valence-corrected chi connectivity index (χ0v) is 13.6. The molecule has 0 fully saturated rings. The minimum atomic E-state index is -4.62. The Balaban J connectivity index is 1.87. The van der Waals surface area contributed by atoms with Gasteiger partial charge in [0.15, 0.2) is 5.82 Å². The number of nitrogens with one attached hydrogen (secondary N) is 2. The van der Waals surface area contributed by atoms with Gasteiger partial charge in [0.05, 0.1) is 23.1 Å². The van der Waals surface area contributed by atoms with E-state index in [0.29, 0.717) is 0 Å². The number of halogens is 5. The third kappa shape index (κ3) is 4.17. The lowest BCUT2D eigenvalue weighted by atomic mass is 10.1. The van der Waals surface area contributed by atoms with Crippen LogP contribution in [0.5, 0.6) is 0 Å². The molecule has 26 heavy (non-hydrogen) atoms. The predicted octanol–water partition coefficient (Wildman–Crippen LogP) is 5.17. The summed E-state index contributed by atoms with van der Waals surface area (Å²) < 4.78 is 53.1. The Hall–Kier alpha value is -2.94. The summed E-state index contributed by atoms with van der Waals surface area (Å²) in [6, 6.07) is 9.11. The van der Waals surface area contributed by atoms with Crippen molar-refractivity contribution < 1.29 is 17.6 Å². The van der Waals surface area contributed by atoms with E-state index in [1.165, 1.54) is 30.5 Å². The summed E-state index contributed by atoms with van der Waals surface area (Å²) in [5, 5.41) is 12.4. The molecule has 0 saturated heterocycles. The van der Waals surface area contributed by atoms with Gasteiger partial charge in [-0.3, -0.25) is 0 Å². The Morgan fingerprint density at radius 3 is 2.46 bits per heavy atom. The quantitative estimate of drug-likeness (QED) is 0.608. The fourth-order valence-electron chi connectivity index (χ4n) is 2.10. The minimum absolute atomic E-state index is 0.0584. The van der Waals surface area contributed by atoms with Gasteiger partial charge >= 0.3 is 6.18 Å². The summed E-state index contributed by atoms with van der Waals surface area (Å²) in [6.45, 7) is 0. The van der Waals surface area contributed by atoms with Crippen molar-refractivity contribution in [2.24, 2.45) is 0 Å². The van der Waals surface area contributed by atoms with Gasteiger partial charge in [0.1, 0.15) is 5.82 Å². The van der Waals surface area contributed by atoms with Gasteiger partial charge < -0.3 is 10.6 Å². The lowest BCUT2D eigenvalue weighted by Gasteiger charge is -2.14. The van der Waals surface area contributed by atoms with Crippen LogP contribution in [-0.4, -0.2) is 15.2 Å². The standard InChI is InChI=1S/C16H10ClF4N5/c17-9-5-6-12(10(7-9)16(19,20)21)24-15-25-14(8-22-26-15)23-13-4-2-1-3-11(13)18/h1-8H,(H2,23,24,25,26). The molecule has 0 atom stereocenters. The van der Waals surface area contributed by atoms with Crippen molar-refractivity contribution in [1.82, 2.24) is 15.2 Å². The average Bonchev–Trinajstić information content (AvgIpc) is 2.58. The highest BCUT2D eigenvalue weighted by atomic mass is 35.5. The van der Waals surface area contributed by atoms with E-state index < -0.39 is 17.6 Å². The second-order valence-corrected chi connectivity index (χ2v) is 5.52. The number of rotatable bonds is 4. The lowest BCUT2D eigenvalue weighted by Crippen LogP contribution is -2.10. The van der Waals surface area contributed by atoms with Gasteiger partial charge in [-0.1, -0.05) is 23.7 Å². The first-order chi connectivity index (χ1) is 12.3. The van der Waals surface area contributed by atoms with Crippen molar-refractivity contribution >= 4 is 34.7 Å². The van der Waals surface area contributed by atoms with Gasteiger partial charge in [-0.05, 0) is 30.3 Å². The number of hydrogen-bond donors (Lipinski definition) is 2. The normalized spacial score (nSPS) is 11.3. The second-order valence-electron chi connectivity index (χ2n) is 5.08. The molecule has 0 bridgehead atoms. The van der Waals surface area contributed by atoms with Crippen molar-refractivity contribution in [2.45, 2.75) is 6.18 Å². The van der Waals surface area contributed by atoms with E-state index in [1.807, 2.05) is 0 Å². The molecule has 2 N–H and O–H groups in total. The topological polar surface area (TPSA) is 62.7 Å². The summed E-state index contributed by atoms with van der Waals surface area (Å²) in [5.74, 6) is -0.605. The van der Waals surface area contributed by atoms with Gasteiger partial charge in [0.2, 0.25) is 5.95 Å². The highest BCUT2D eigenvalue weighted by Gasteiger charge is 2.34. The third-order valence-electron chi connectivity index (χ3n) is 3.23. The molecule has 0 amide bonds. The molecule has 0 aliphatic rings. The maximum atomic E-state index is 13.7. The molecular formula is C16H10ClF4N5. The van der Waals surface area contributed by atoms with Crippen LogP contribution in [0.2, 0.25) is 5.02 Å². The average molecular weight is 384 g/mol. The summed E-state index contributed by atoms with van der Waals surface area (Å²) in [7, 11) is 0. The highest BCUT2D eigenvalue weighted by Crippen LogP contribution is 2.37. The second kappa shape index (κ2) is 7.12. The van der Waals surface area contributed by atoms with Gasteiger partial charge in [-0.25, -0.2) is 4.39 Å². The fourth-order valence-corrected chi connectivity index (χ4v) is 2.27. The first kappa shape index (κ1) is 17.9. The molecule has 1 heterocycles. The van der Waals surface area contributed by atoms with Gasteiger partial charge in [-0.15, -0.1) is 5.10 Å². The molecule has 0 aliphatic carbocycles. The maximum absolute atomic E-state index is 13.7. The van der Waals surface area contributed by atoms with Crippen LogP contribution in [0.3, 0.4) is 0 Å². The molecule has 1 aromatic heterocycles. The smallest absolute Gasteiger partial charge is 0.336 e. The monoisotopic (exact) mass is 383 g/mol. The number of aromatic nitrogens is 3. The van der Waals surface area contributed by atoms with Crippen molar-refractivity contribution in [3.63, 3.8) is 0 Å². The van der Waals surface area contributed by atoms with Crippen LogP contribution < -0.4 is 10.6 Å². The molecule has 2 aromatic carbocycles. The molecule has 0 aliphatic heterocycles. The van der Waals surface area contributed by atoms with Crippen molar-refractivity contribution in [1.29, 1.82) is 0 Å². The van der Waals surface area contributed by atoms with Crippen LogP contribution in [0.15, 0.2) is 48.7 Å². The van der Waals surface area contributed by atoms with Crippen molar-refractivity contribution in [3.8, 4) is 0 Å². The molecule has 5 nitrogen and oxygen atoms in total. The number of hydrogen-bond acceptors (Lipinski definition) is 5. The summed E-state index contributed by atoms with van der Waals surface area (Å²) in [5.41, 5.74) is -1.12. The highest BCUT2D eigenvalue weighted by molar-refractivity contribution is 6.30. The van der Waals surface area contributed by atoms with Gasteiger partial charge in [-0.2, -0.15) is 23.3 Å². The van der Waals surface area contributed by atoms with Crippen molar-refractivity contribution in [3.05, 3.63) is 65.1 Å². The maximum Gasteiger partial charge on any atom is 0.418 e. The van der Waals surface area contributed by atoms with E-state index in [4.69, 9.17) is 11.6 Å². The first-order valence-electron chi connectivity index (χ1n) is 7.18. The Morgan fingerprint density at radius 2 is 1.73 bits per heavy atom. The van der Waals surface area contributed by atoms with Crippen LogP contribution >= 0.6 is 11.6 Å². The number of anilines is 4. The SMILES string of the molecule is Fc1ccccc1Nc1cnnc(Nc2ccc(Cl)cc2C(F)(F)F)n1. The van der Waals surface area contributed by atoms with E-state index in [-0.39, 0.29) is 28.2 Å². The van der Waals surface area contributed by atoms with Gasteiger partial charge in [0, 0.05) is 5.02 Å². The van der Waals surface area contributed by atoms with E-state index >= 15 is 0 Å². The third-order valence-corrected chi connectivity index (χ3v) is 3.46. The van der Waals surface area contributed by atoms with E-state index in [1.54, 1.807) is 6.07 Å². The molecule has 0 radical (unpaired) electrons. The van der Waals surface area contributed by atoms with Gasteiger partial charge in [0.25, 0.3) is 0 Å².